The summed E-state index contributed by atoms with van der Waals surface area (Å²) in [5.74, 6) is -0.330. The first kappa shape index (κ1) is 31.7. The largest absolute Gasteiger partial charge is 0.451 e. The molecule has 1 unspecified atom stereocenters. The second kappa shape index (κ2) is 12.7. The Bertz CT molecular complexity index is 2200. The third-order valence-electron chi connectivity index (χ3n) is 9.82. The van der Waals surface area contributed by atoms with Crippen LogP contribution in [0.5, 0.6) is 11.5 Å². The van der Waals surface area contributed by atoms with Gasteiger partial charge in [-0.15, -0.1) is 0 Å². The summed E-state index contributed by atoms with van der Waals surface area (Å²) >= 11 is 0. The third kappa shape index (κ3) is 5.66. The molecule has 8 rings (SSSR count). The van der Waals surface area contributed by atoms with Crippen LogP contribution in [0.1, 0.15) is 43.5 Å². The molecule has 0 aliphatic carbocycles. The molecule has 50 heavy (non-hydrogen) atoms. The fourth-order valence-corrected chi connectivity index (χ4v) is 7.49. The molecule has 10 nitrogen and oxygen atoms in total. The van der Waals surface area contributed by atoms with E-state index in [1.165, 1.54) is 6.07 Å². The summed E-state index contributed by atoms with van der Waals surface area (Å²) in [6, 6.07) is 22.4. The van der Waals surface area contributed by atoms with Crippen molar-refractivity contribution in [3.05, 3.63) is 101 Å². The second-order valence-electron chi connectivity index (χ2n) is 13.5. The molecular formula is C39H38FN5O5. The quantitative estimate of drug-likeness (QED) is 0.191. The molecule has 11 heteroatoms. The van der Waals surface area contributed by atoms with Crippen LogP contribution < -0.4 is 25.7 Å². The maximum Gasteiger partial charge on any atom is 0.407 e. The number of nitrogens with one attached hydrogen (secondary N) is 2. The van der Waals surface area contributed by atoms with E-state index in [2.05, 4.69) is 10.6 Å². The van der Waals surface area contributed by atoms with Gasteiger partial charge in [0.25, 0.3) is 5.91 Å². The number of anilines is 2. The molecule has 2 saturated heterocycles. The zero-order valence-electron chi connectivity index (χ0n) is 27.9. The van der Waals surface area contributed by atoms with Crippen molar-refractivity contribution >= 4 is 45.1 Å². The fourth-order valence-electron chi connectivity index (χ4n) is 7.49. The Hall–Kier alpha value is -5.58. The Labute approximate surface area is 288 Å². The maximum absolute atomic E-state index is 16.4. The lowest BCUT2D eigenvalue weighted by Gasteiger charge is -2.30. The van der Waals surface area contributed by atoms with E-state index in [9.17, 15) is 14.4 Å². The SMILES string of the molecule is CC(C)OC(=O)NC1CCN(c2c(F)cc3c(=O)c(C(=O)N4CCC[C@H]4CNc4ccccc4)cn4c3c2Oc2cc3ccccc3cc2-4)C1. The van der Waals surface area contributed by atoms with Crippen LogP contribution in [0.15, 0.2) is 83.8 Å². The molecule has 1 aromatic heterocycles. The third-order valence-corrected chi connectivity index (χ3v) is 9.82. The highest BCUT2D eigenvalue weighted by Gasteiger charge is 2.36. The van der Waals surface area contributed by atoms with E-state index in [1.807, 2.05) is 76.2 Å². The molecule has 2 amide bonds. The number of pyridine rings is 1. The number of fused-ring (bicyclic) bond motifs is 3. The van der Waals surface area contributed by atoms with Gasteiger partial charge in [-0.2, -0.15) is 0 Å². The minimum absolute atomic E-state index is 0.0164. The second-order valence-corrected chi connectivity index (χ2v) is 13.5. The lowest BCUT2D eigenvalue weighted by atomic mass is 10.0. The number of carbonyl (C=O) groups excluding carboxylic acids is 2. The van der Waals surface area contributed by atoms with Crippen LogP contribution in [-0.4, -0.2) is 65.8 Å². The van der Waals surface area contributed by atoms with Crippen LogP contribution in [0.3, 0.4) is 0 Å². The molecule has 4 heterocycles. The Balaban J connectivity index is 1.21. The van der Waals surface area contributed by atoms with Gasteiger partial charge in [0.1, 0.15) is 16.8 Å². The van der Waals surface area contributed by atoms with E-state index in [-0.39, 0.29) is 46.5 Å². The minimum atomic E-state index is -0.637. The number of alkyl carbamates (subject to hydrolysis) is 1. The van der Waals surface area contributed by atoms with Gasteiger partial charge >= 0.3 is 6.09 Å². The molecule has 3 aliphatic heterocycles. The van der Waals surface area contributed by atoms with E-state index in [4.69, 9.17) is 9.47 Å². The fraction of sp³-hybridized carbons (Fsp3) is 0.308. The van der Waals surface area contributed by atoms with Gasteiger partial charge in [0.05, 0.1) is 23.2 Å². The van der Waals surface area contributed by atoms with Crippen molar-refractivity contribution < 1.29 is 23.5 Å². The Morgan fingerprint density at radius 3 is 2.54 bits per heavy atom. The van der Waals surface area contributed by atoms with Gasteiger partial charge in [-0.1, -0.05) is 42.5 Å². The number of para-hydroxylation sites is 1. The molecule has 3 aliphatic rings. The van der Waals surface area contributed by atoms with Crippen LogP contribution in [0.25, 0.3) is 27.4 Å². The molecule has 5 aromatic rings. The van der Waals surface area contributed by atoms with Crippen molar-refractivity contribution in [3.8, 4) is 17.2 Å². The smallest absolute Gasteiger partial charge is 0.407 e. The van der Waals surface area contributed by atoms with E-state index < -0.39 is 17.3 Å². The zero-order valence-corrected chi connectivity index (χ0v) is 27.9. The van der Waals surface area contributed by atoms with Crippen molar-refractivity contribution in [2.75, 3.05) is 36.4 Å². The lowest BCUT2D eigenvalue weighted by Crippen LogP contribution is -2.41. The molecule has 2 atom stereocenters. The van der Waals surface area contributed by atoms with E-state index in [0.717, 1.165) is 29.3 Å². The first-order valence-electron chi connectivity index (χ1n) is 17.2. The van der Waals surface area contributed by atoms with Gasteiger partial charge in [-0.05, 0) is 74.2 Å². The van der Waals surface area contributed by atoms with Crippen molar-refractivity contribution in [1.82, 2.24) is 14.8 Å². The molecule has 0 bridgehead atoms. The summed E-state index contributed by atoms with van der Waals surface area (Å²) in [6.07, 6.45) is 3.01. The summed E-state index contributed by atoms with van der Waals surface area (Å²) in [7, 11) is 0. The summed E-state index contributed by atoms with van der Waals surface area (Å²) in [5.41, 5.74) is 1.65. The normalized spacial score (nSPS) is 18.0. The van der Waals surface area contributed by atoms with Crippen LogP contribution in [-0.2, 0) is 4.74 Å². The van der Waals surface area contributed by atoms with Crippen molar-refractivity contribution in [2.45, 2.75) is 51.3 Å². The highest BCUT2D eigenvalue weighted by Crippen LogP contribution is 2.48. The summed E-state index contributed by atoms with van der Waals surface area (Å²) in [5, 5.41) is 8.25. The van der Waals surface area contributed by atoms with Gasteiger partial charge < -0.3 is 34.5 Å². The number of hydrogen-bond acceptors (Lipinski definition) is 7. The summed E-state index contributed by atoms with van der Waals surface area (Å²) in [4.78, 5) is 44.5. The first-order chi connectivity index (χ1) is 24.2. The summed E-state index contributed by atoms with van der Waals surface area (Å²) in [6.45, 7) is 5.39. The molecule has 2 fully saturated rings. The highest BCUT2D eigenvalue weighted by molar-refractivity contribution is 6.02. The van der Waals surface area contributed by atoms with Gasteiger partial charge in [0, 0.05) is 44.1 Å². The molecule has 2 N–H and O–H groups in total. The van der Waals surface area contributed by atoms with Gasteiger partial charge in [0.15, 0.2) is 17.3 Å². The molecule has 0 spiro atoms. The Kier molecular flexibility index (Phi) is 8.05. The first-order valence-corrected chi connectivity index (χ1v) is 17.2. The van der Waals surface area contributed by atoms with E-state index in [1.54, 1.807) is 24.9 Å². The average molecular weight is 676 g/mol. The van der Waals surface area contributed by atoms with E-state index >= 15 is 4.39 Å². The number of ether oxygens (including phenoxy) is 2. The lowest BCUT2D eigenvalue weighted by molar-refractivity contribution is 0.0741. The number of aromatic nitrogens is 1. The van der Waals surface area contributed by atoms with Crippen LogP contribution in [0, 0.1) is 5.82 Å². The standard InChI is InChI=1S/C39H38FN5O5/c1-23(2)49-39(48)42-27-14-16-43(21-27)35-31(40)19-29-34-37(35)50-33-18-25-10-7-6-9-24(25)17-32(33)45(34)22-30(36(29)46)38(47)44-15-8-13-28(44)20-41-26-11-4-3-5-12-26/h3-7,9-12,17-19,22-23,27-28,41H,8,13-16,20-21H2,1-2H3,(H,42,48)/t27?,28-/m0/s1. The van der Waals surface area contributed by atoms with Crippen molar-refractivity contribution in [1.29, 1.82) is 0 Å². The van der Waals surface area contributed by atoms with Crippen molar-refractivity contribution in [3.63, 3.8) is 0 Å². The van der Waals surface area contributed by atoms with Crippen molar-refractivity contribution in [2.24, 2.45) is 0 Å². The number of rotatable bonds is 7. The molecule has 0 radical (unpaired) electrons. The number of halogens is 1. The predicted molar refractivity (Wildman–Crippen MR) is 191 cm³/mol. The Morgan fingerprint density at radius 1 is 1.00 bits per heavy atom. The number of hydrogen-bond donors (Lipinski definition) is 2. The number of amides is 2. The van der Waals surface area contributed by atoms with Crippen LogP contribution in [0.2, 0.25) is 0 Å². The van der Waals surface area contributed by atoms with Crippen LogP contribution in [0.4, 0.5) is 20.6 Å². The number of carbonyl (C=O) groups is 2. The number of benzene rings is 4. The topological polar surface area (TPSA) is 105 Å². The summed E-state index contributed by atoms with van der Waals surface area (Å²) < 4.78 is 30.0. The van der Waals surface area contributed by atoms with E-state index in [0.29, 0.717) is 49.6 Å². The van der Waals surface area contributed by atoms with Crippen LogP contribution >= 0.6 is 0 Å². The van der Waals surface area contributed by atoms with Gasteiger partial charge in [0.2, 0.25) is 5.43 Å². The monoisotopic (exact) mass is 675 g/mol. The number of nitrogens with zero attached hydrogens (tertiary/aromatic N) is 3. The highest BCUT2D eigenvalue weighted by atomic mass is 19.1. The molecular weight excluding hydrogens is 637 g/mol. The Morgan fingerprint density at radius 2 is 1.76 bits per heavy atom. The van der Waals surface area contributed by atoms with Gasteiger partial charge in [-0.25, -0.2) is 9.18 Å². The molecule has 0 saturated carbocycles. The molecule has 256 valence electrons. The maximum atomic E-state index is 16.4. The van der Waals surface area contributed by atoms with Gasteiger partial charge in [-0.3, -0.25) is 9.59 Å². The molecule has 4 aromatic carbocycles. The zero-order chi connectivity index (χ0) is 34.5. The number of likely N-dealkylation sites (tertiary alicyclic amines) is 1. The average Bonchev–Trinajstić information content (AvgIpc) is 3.77. The minimum Gasteiger partial charge on any atom is -0.451 e. The predicted octanol–water partition coefficient (Wildman–Crippen LogP) is 6.82.